The molecular weight excluding hydrogens is 341 g/mol. The second kappa shape index (κ2) is 6.53. The maximum Gasteiger partial charge on any atom is 0.0659 e. The van der Waals surface area contributed by atoms with Crippen molar-refractivity contribution in [3.63, 3.8) is 0 Å². The quantitative estimate of drug-likeness (QED) is 0.744. The van der Waals surface area contributed by atoms with Crippen molar-refractivity contribution in [3.05, 3.63) is 19.4 Å². The van der Waals surface area contributed by atoms with Crippen molar-refractivity contribution < 1.29 is 0 Å². The summed E-state index contributed by atoms with van der Waals surface area (Å²) in [5.41, 5.74) is 1.59. The molecule has 1 N–H and O–H groups in total. The molecule has 0 aromatic carbocycles. The molecule has 96 valence electrons. The number of rotatable bonds is 5. The predicted octanol–water partition coefficient (Wildman–Crippen LogP) is 4.76. The molecule has 1 unspecified atom stereocenters. The smallest absolute Gasteiger partial charge is 0.0659 e. The largest absolute Gasteiger partial charge is 0.310 e. The third-order valence-corrected chi connectivity index (χ3v) is 5.86. The lowest BCUT2D eigenvalue weighted by atomic mass is 9.93. The first-order chi connectivity index (χ1) is 8.24. The zero-order valence-electron chi connectivity index (χ0n) is 10.8. The fourth-order valence-corrected chi connectivity index (χ4v) is 4.74. The maximum atomic E-state index is 3.80. The van der Waals surface area contributed by atoms with Crippen molar-refractivity contribution in [2.45, 2.75) is 52.0 Å². The summed E-state index contributed by atoms with van der Waals surface area (Å²) in [6.07, 6.45) is 6.56. The lowest BCUT2D eigenvalue weighted by molar-refractivity contribution is 0.387. The molecule has 1 atom stereocenters. The maximum absolute atomic E-state index is 3.80. The van der Waals surface area contributed by atoms with Gasteiger partial charge in [-0.2, -0.15) is 0 Å². The van der Waals surface area contributed by atoms with Gasteiger partial charge in [0.2, 0.25) is 0 Å². The molecule has 1 aliphatic rings. The van der Waals surface area contributed by atoms with E-state index in [2.05, 4.69) is 47.8 Å². The fraction of sp³-hybridized carbons (Fsp3) is 0.714. The van der Waals surface area contributed by atoms with Gasteiger partial charge in [-0.1, -0.05) is 26.7 Å². The van der Waals surface area contributed by atoms with Crippen LogP contribution in [-0.2, 0) is 6.42 Å². The van der Waals surface area contributed by atoms with Crippen molar-refractivity contribution in [3.8, 4) is 0 Å². The minimum atomic E-state index is 0.624. The predicted molar refractivity (Wildman–Crippen MR) is 84.8 cm³/mol. The van der Waals surface area contributed by atoms with E-state index in [1.165, 1.54) is 41.5 Å². The van der Waals surface area contributed by atoms with Crippen LogP contribution in [0.4, 0.5) is 0 Å². The van der Waals surface area contributed by atoms with Gasteiger partial charge < -0.3 is 5.32 Å². The van der Waals surface area contributed by atoms with Crippen molar-refractivity contribution >= 4 is 33.9 Å². The summed E-state index contributed by atoms with van der Waals surface area (Å²) in [5.74, 6) is 0.845. The summed E-state index contributed by atoms with van der Waals surface area (Å²) >= 11 is 4.44. The van der Waals surface area contributed by atoms with Gasteiger partial charge in [-0.05, 0) is 65.9 Å². The van der Waals surface area contributed by atoms with Gasteiger partial charge in [-0.15, -0.1) is 11.3 Å². The van der Waals surface area contributed by atoms with Crippen molar-refractivity contribution in [2.75, 3.05) is 6.54 Å². The summed E-state index contributed by atoms with van der Waals surface area (Å²) in [7, 11) is 0. The zero-order chi connectivity index (χ0) is 12.3. The average molecular weight is 363 g/mol. The Bertz CT molecular complexity index is 357. The summed E-state index contributed by atoms with van der Waals surface area (Å²) in [5, 5.41) is 3.80. The van der Waals surface area contributed by atoms with E-state index in [-0.39, 0.29) is 0 Å². The molecule has 17 heavy (non-hydrogen) atoms. The highest BCUT2D eigenvalue weighted by molar-refractivity contribution is 14.1. The fourth-order valence-electron chi connectivity index (χ4n) is 2.62. The molecule has 1 heterocycles. The Hall–Kier alpha value is 0.390. The molecule has 0 aliphatic heterocycles. The molecule has 3 heteroatoms. The van der Waals surface area contributed by atoms with Crippen molar-refractivity contribution in [2.24, 2.45) is 5.92 Å². The van der Waals surface area contributed by atoms with E-state index in [9.17, 15) is 0 Å². The molecule has 0 amide bonds. The van der Waals surface area contributed by atoms with Crippen LogP contribution in [0.25, 0.3) is 0 Å². The van der Waals surface area contributed by atoms with E-state index in [1.54, 1.807) is 10.4 Å². The van der Waals surface area contributed by atoms with Crippen LogP contribution in [0, 0.1) is 8.80 Å². The van der Waals surface area contributed by atoms with Crippen LogP contribution < -0.4 is 5.32 Å². The Morgan fingerprint density at radius 2 is 2.24 bits per heavy atom. The first kappa shape index (κ1) is 13.8. The molecule has 2 rings (SSSR count). The lowest BCUT2D eigenvalue weighted by Crippen LogP contribution is -2.29. The second-order valence-corrected chi connectivity index (χ2v) is 8.00. The van der Waals surface area contributed by atoms with Gasteiger partial charge in [0.15, 0.2) is 0 Å². The van der Waals surface area contributed by atoms with Crippen LogP contribution in [0.5, 0.6) is 0 Å². The Labute approximate surface area is 123 Å². The number of nitrogens with one attached hydrogen (secondary N) is 1. The van der Waals surface area contributed by atoms with Crippen LogP contribution in [0.2, 0.25) is 0 Å². The minimum absolute atomic E-state index is 0.624. The molecular formula is C14H22INS. The zero-order valence-corrected chi connectivity index (χ0v) is 13.7. The number of fused-ring (bicyclic) bond motifs is 1. The standard InChI is InChI=1S/C14H22INS/c1-3-10(4-2)9-16-12-6-5-7-13-11(12)8-14(15)17-13/h8,10,12,16H,3-7,9H2,1-2H3. The molecule has 0 saturated carbocycles. The monoisotopic (exact) mass is 363 g/mol. The van der Waals surface area contributed by atoms with Crippen LogP contribution in [0.3, 0.4) is 0 Å². The highest BCUT2D eigenvalue weighted by Crippen LogP contribution is 2.36. The van der Waals surface area contributed by atoms with Gasteiger partial charge in [0, 0.05) is 10.9 Å². The van der Waals surface area contributed by atoms with Crippen LogP contribution in [-0.4, -0.2) is 6.54 Å². The van der Waals surface area contributed by atoms with Crippen LogP contribution in [0.15, 0.2) is 6.07 Å². The number of hydrogen-bond acceptors (Lipinski definition) is 2. The van der Waals surface area contributed by atoms with Gasteiger partial charge >= 0.3 is 0 Å². The Kier molecular flexibility index (Phi) is 5.30. The summed E-state index contributed by atoms with van der Waals surface area (Å²) in [4.78, 5) is 1.63. The van der Waals surface area contributed by atoms with Gasteiger partial charge in [0.1, 0.15) is 0 Å². The van der Waals surface area contributed by atoms with Crippen molar-refractivity contribution in [1.29, 1.82) is 0 Å². The van der Waals surface area contributed by atoms with E-state index in [0.717, 1.165) is 5.92 Å². The van der Waals surface area contributed by atoms with E-state index in [1.807, 2.05) is 11.3 Å². The normalized spacial score (nSPS) is 19.6. The van der Waals surface area contributed by atoms with E-state index in [0.29, 0.717) is 6.04 Å². The third kappa shape index (κ3) is 3.44. The lowest BCUT2D eigenvalue weighted by Gasteiger charge is -2.25. The Morgan fingerprint density at radius 1 is 1.47 bits per heavy atom. The minimum Gasteiger partial charge on any atom is -0.310 e. The number of hydrogen-bond donors (Lipinski definition) is 1. The average Bonchev–Trinajstić information content (AvgIpc) is 2.71. The molecule has 0 spiro atoms. The second-order valence-electron chi connectivity index (χ2n) is 4.96. The van der Waals surface area contributed by atoms with Gasteiger partial charge in [0.25, 0.3) is 0 Å². The van der Waals surface area contributed by atoms with Crippen molar-refractivity contribution in [1.82, 2.24) is 5.32 Å². The molecule has 1 aliphatic carbocycles. The highest BCUT2D eigenvalue weighted by atomic mass is 127. The van der Waals surface area contributed by atoms with E-state index < -0.39 is 0 Å². The molecule has 0 saturated heterocycles. The molecule has 0 fully saturated rings. The van der Waals surface area contributed by atoms with E-state index >= 15 is 0 Å². The van der Waals surface area contributed by atoms with Gasteiger partial charge in [-0.25, -0.2) is 0 Å². The first-order valence-electron chi connectivity index (χ1n) is 6.76. The number of aryl methyl sites for hydroxylation is 1. The summed E-state index contributed by atoms with van der Waals surface area (Å²) in [6.45, 7) is 5.79. The number of thiophene rings is 1. The Balaban J connectivity index is 1.98. The van der Waals surface area contributed by atoms with Gasteiger partial charge in [0.05, 0.1) is 2.88 Å². The summed E-state index contributed by atoms with van der Waals surface area (Å²) < 4.78 is 1.45. The van der Waals surface area contributed by atoms with E-state index in [4.69, 9.17) is 0 Å². The Morgan fingerprint density at radius 3 is 2.94 bits per heavy atom. The molecule has 0 bridgehead atoms. The van der Waals surface area contributed by atoms with Gasteiger partial charge in [-0.3, -0.25) is 0 Å². The molecule has 1 aromatic rings. The molecule has 1 aromatic heterocycles. The van der Waals surface area contributed by atoms with Crippen LogP contribution >= 0.6 is 33.9 Å². The SMILES string of the molecule is CCC(CC)CNC1CCCc2sc(I)cc21. The third-order valence-electron chi connectivity index (χ3n) is 3.89. The number of halogens is 1. The topological polar surface area (TPSA) is 12.0 Å². The summed E-state index contributed by atoms with van der Waals surface area (Å²) in [6, 6.07) is 3.02. The first-order valence-corrected chi connectivity index (χ1v) is 8.65. The highest BCUT2D eigenvalue weighted by Gasteiger charge is 2.22. The van der Waals surface area contributed by atoms with Crippen LogP contribution in [0.1, 0.15) is 56.0 Å². The molecule has 0 radical (unpaired) electrons. The molecule has 1 nitrogen and oxygen atoms in total.